The number of nitrogens with zero attached hydrogens (tertiary/aromatic N) is 4. The molecule has 4 aromatic rings. The predicted molar refractivity (Wildman–Crippen MR) is 158 cm³/mol. The van der Waals surface area contributed by atoms with E-state index in [1.54, 1.807) is 4.90 Å². The maximum absolute atomic E-state index is 13.5. The fourth-order valence-electron chi connectivity index (χ4n) is 4.63. The van der Waals surface area contributed by atoms with Gasteiger partial charge >= 0.3 is 5.97 Å². The summed E-state index contributed by atoms with van der Waals surface area (Å²) in [5.74, 6) is -0.00559. The van der Waals surface area contributed by atoms with E-state index in [0.29, 0.717) is 12.2 Å². The van der Waals surface area contributed by atoms with Crippen LogP contribution >= 0.6 is 15.9 Å². The summed E-state index contributed by atoms with van der Waals surface area (Å²) < 4.78 is 6.55. The van der Waals surface area contributed by atoms with E-state index in [-0.39, 0.29) is 25.0 Å². The molecule has 0 unspecified atom stereocenters. The van der Waals surface area contributed by atoms with E-state index in [9.17, 15) is 9.59 Å². The van der Waals surface area contributed by atoms with E-state index >= 15 is 0 Å². The van der Waals surface area contributed by atoms with Crippen molar-refractivity contribution in [1.29, 1.82) is 0 Å². The Morgan fingerprint density at radius 2 is 1.73 bits per heavy atom. The molecule has 1 heterocycles. The SMILES string of the molecule is CCCCC(=O)N(Cc1ccc(-c2ccccc2-c2nnn[nH]2)cc1Br)[C@H](C(=O)OCc1ccccc1)C(C)C. The summed E-state index contributed by atoms with van der Waals surface area (Å²) in [6.45, 7) is 6.39. The van der Waals surface area contributed by atoms with Gasteiger partial charge in [0.1, 0.15) is 12.6 Å². The molecule has 1 aromatic heterocycles. The standard InChI is InChI=1S/C31H34BrN5O3/c1-4-5-15-28(38)37(29(21(2)3)31(39)40-20-22-11-7-6-8-12-22)19-24-17-16-23(18-27(24)32)25-13-9-10-14-26(25)30-33-35-36-34-30/h6-14,16-18,21,29H,4-5,15,19-20H2,1-3H3,(H,33,34,35,36)/t29-/m0/s1. The fraction of sp³-hybridized carbons (Fsp3) is 0.323. The van der Waals surface area contributed by atoms with Crippen molar-refractivity contribution in [3.63, 3.8) is 0 Å². The number of unbranched alkanes of at least 4 members (excludes halogenated alkanes) is 1. The first-order chi connectivity index (χ1) is 19.4. The molecule has 9 heteroatoms. The fourth-order valence-corrected chi connectivity index (χ4v) is 5.13. The van der Waals surface area contributed by atoms with Gasteiger partial charge < -0.3 is 9.64 Å². The highest BCUT2D eigenvalue weighted by atomic mass is 79.9. The molecule has 0 fully saturated rings. The minimum absolute atomic E-state index is 0.0589. The second-order valence-corrected chi connectivity index (χ2v) is 10.9. The van der Waals surface area contributed by atoms with Crippen LogP contribution in [0, 0.1) is 5.92 Å². The Morgan fingerprint density at radius 1 is 1.00 bits per heavy atom. The van der Waals surface area contributed by atoms with Gasteiger partial charge in [-0.3, -0.25) is 4.79 Å². The lowest BCUT2D eigenvalue weighted by atomic mass is 9.97. The summed E-state index contributed by atoms with van der Waals surface area (Å²) in [4.78, 5) is 28.6. The highest BCUT2D eigenvalue weighted by Gasteiger charge is 2.34. The highest BCUT2D eigenvalue weighted by molar-refractivity contribution is 9.10. The molecule has 0 saturated heterocycles. The van der Waals surface area contributed by atoms with E-state index in [1.807, 2.05) is 93.6 Å². The Hall–Kier alpha value is -3.85. The van der Waals surface area contributed by atoms with Crippen LogP contribution in [0.2, 0.25) is 0 Å². The monoisotopic (exact) mass is 603 g/mol. The molecule has 0 aliphatic heterocycles. The molecule has 3 aromatic carbocycles. The van der Waals surface area contributed by atoms with Gasteiger partial charge in [-0.2, -0.15) is 0 Å². The molecule has 0 saturated carbocycles. The Kier molecular flexibility index (Phi) is 10.2. The number of carbonyl (C=O) groups is 2. The second-order valence-electron chi connectivity index (χ2n) is 10.0. The summed E-state index contributed by atoms with van der Waals surface area (Å²) >= 11 is 3.73. The van der Waals surface area contributed by atoms with E-state index in [0.717, 1.165) is 45.1 Å². The zero-order valence-corrected chi connectivity index (χ0v) is 24.6. The molecule has 208 valence electrons. The van der Waals surface area contributed by atoms with Crippen LogP contribution in [0.15, 0.2) is 77.3 Å². The van der Waals surface area contributed by atoms with Gasteiger partial charge in [0, 0.05) is 23.0 Å². The molecule has 0 aliphatic carbocycles. The lowest BCUT2D eigenvalue weighted by Crippen LogP contribution is -2.48. The number of carbonyl (C=O) groups excluding carboxylic acids is 2. The smallest absolute Gasteiger partial charge is 0.329 e. The number of hydrogen-bond donors (Lipinski definition) is 1. The van der Waals surface area contributed by atoms with Crippen molar-refractivity contribution in [3.05, 3.63) is 88.4 Å². The number of ether oxygens (including phenoxy) is 1. The number of benzene rings is 3. The molecule has 40 heavy (non-hydrogen) atoms. The second kappa shape index (κ2) is 14.0. The van der Waals surface area contributed by atoms with Crippen LogP contribution < -0.4 is 0 Å². The number of H-pyrrole nitrogens is 1. The molecular weight excluding hydrogens is 570 g/mol. The first-order valence-corrected chi connectivity index (χ1v) is 14.3. The van der Waals surface area contributed by atoms with E-state index < -0.39 is 12.0 Å². The summed E-state index contributed by atoms with van der Waals surface area (Å²) in [6, 6.07) is 22.7. The maximum Gasteiger partial charge on any atom is 0.329 e. The molecule has 0 bridgehead atoms. The van der Waals surface area contributed by atoms with Gasteiger partial charge in [0.05, 0.1) is 0 Å². The minimum Gasteiger partial charge on any atom is -0.459 e. The number of amides is 1. The normalized spacial score (nSPS) is 11.8. The number of tetrazole rings is 1. The first-order valence-electron chi connectivity index (χ1n) is 13.5. The summed E-state index contributed by atoms with van der Waals surface area (Å²) in [5.41, 5.74) is 4.61. The number of halogens is 1. The van der Waals surface area contributed by atoms with Crippen LogP contribution in [-0.2, 0) is 27.5 Å². The number of hydrogen-bond acceptors (Lipinski definition) is 6. The van der Waals surface area contributed by atoms with Crippen molar-refractivity contribution in [3.8, 4) is 22.5 Å². The van der Waals surface area contributed by atoms with Crippen molar-refractivity contribution >= 4 is 27.8 Å². The van der Waals surface area contributed by atoms with Crippen LogP contribution in [0.5, 0.6) is 0 Å². The molecule has 1 N–H and O–H groups in total. The number of aromatic nitrogens is 4. The molecular formula is C31H34BrN5O3. The Labute approximate surface area is 243 Å². The van der Waals surface area contributed by atoms with Crippen LogP contribution in [0.4, 0.5) is 0 Å². The minimum atomic E-state index is -0.709. The van der Waals surface area contributed by atoms with Gasteiger partial charge in [-0.25, -0.2) is 9.89 Å². The third kappa shape index (κ3) is 7.21. The van der Waals surface area contributed by atoms with Crippen LogP contribution in [0.1, 0.15) is 51.2 Å². The Balaban J connectivity index is 1.61. The van der Waals surface area contributed by atoms with Crippen LogP contribution in [0.3, 0.4) is 0 Å². The molecule has 4 rings (SSSR count). The van der Waals surface area contributed by atoms with Crippen molar-refractivity contribution in [2.24, 2.45) is 5.92 Å². The molecule has 0 aliphatic rings. The number of nitrogens with one attached hydrogen (secondary N) is 1. The summed E-state index contributed by atoms with van der Waals surface area (Å²) in [5, 5.41) is 14.3. The van der Waals surface area contributed by atoms with Crippen LogP contribution in [0.25, 0.3) is 22.5 Å². The Bertz CT molecular complexity index is 1410. The molecule has 0 radical (unpaired) electrons. The largest absolute Gasteiger partial charge is 0.459 e. The maximum atomic E-state index is 13.5. The third-order valence-electron chi connectivity index (χ3n) is 6.73. The quantitative estimate of drug-likeness (QED) is 0.183. The van der Waals surface area contributed by atoms with E-state index in [2.05, 4.69) is 36.6 Å². The molecule has 1 amide bonds. The number of esters is 1. The molecule has 8 nitrogen and oxygen atoms in total. The topological polar surface area (TPSA) is 101 Å². The van der Waals surface area contributed by atoms with Crippen LogP contribution in [-0.4, -0.2) is 43.4 Å². The summed E-state index contributed by atoms with van der Waals surface area (Å²) in [7, 11) is 0. The van der Waals surface area contributed by atoms with Gasteiger partial charge in [0.2, 0.25) is 5.91 Å². The van der Waals surface area contributed by atoms with E-state index in [1.165, 1.54) is 0 Å². The van der Waals surface area contributed by atoms with Gasteiger partial charge in [0.15, 0.2) is 5.82 Å². The van der Waals surface area contributed by atoms with Crippen molar-refractivity contribution in [2.75, 3.05) is 0 Å². The first kappa shape index (κ1) is 29.1. The van der Waals surface area contributed by atoms with E-state index in [4.69, 9.17) is 4.74 Å². The van der Waals surface area contributed by atoms with Gasteiger partial charge in [0.25, 0.3) is 0 Å². The van der Waals surface area contributed by atoms with Gasteiger partial charge in [-0.05, 0) is 51.1 Å². The average Bonchev–Trinajstić information content (AvgIpc) is 3.51. The van der Waals surface area contributed by atoms with Crippen molar-refractivity contribution in [1.82, 2.24) is 25.5 Å². The number of aromatic amines is 1. The highest BCUT2D eigenvalue weighted by Crippen LogP contribution is 2.33. The third-order valence-corrected chi connectivity index (χ3v) is 7.47. The average molecular weight is 605 g/mol. The number of rotatable bonds is 12. The zero-order chi connectivity index (χ0) is 28.5. The van der Waals surface area contributed by atoms with Gasteiger partial charge in [-0.15, -0.1) is 5.10 Å². The molecule has 1 atom stereocenters. The predicted octanol–water partition coefficient (Wildman–Crippen LogP) is 6.58. The van der Waals surface area contributed by atoms with Gasteiger partial charge in [-0.1, -0.05) is 110 Å². The van der Waals surface area contributed by atoms with Crippen molar-refractivity contribution < 1.29 is 14.3 Å². The summed E-state index contributed by atoms with van der Waals surface area (Å²) in [6.07, 6.45) is 2.02. The molecule has 0 spiro atoms. The lowest BCUT2D eigenvalue weighted by Gasteiger charge is -2.33. The van der Waals surface area contributed by atoms with Crippen molar-refractivity contribution in [2.45, 2.75) is 59.2 Å². The lowest BCUT2D eigenvalue weighted by molar-refractivity contribution is -0.159. The Morgan fingerprint density at radius 3 is 2.38 bits per heavy atom. The zero-order valence-electron chi connectivity index (χ0n) is 23.0.